The van der Waals surface area contributed by atoms with Crippen molar-refractivity contribution in [2.45, 2.75) is 58.5 Å². The third-order valence-electron chi connectivity index (χ3n) is 3.25. The molecule has 1 rings (SSSR count). The van der Waals surface area contributed by atoms with Crippen molar-refractivity contribution >= 4 is 0 Å². The number of hydrogen-bond donors (Lipinski definition) is 1. The lowest BCUT2D eigenvalue weighted by molar-refractivity contribution is 0.102. The van der Waals surface area contributed by atoms with Gasteiger partial charge >= 0.3 is 0 Å². The van der Waals surface area contributed by atoms with Crippen LogP contribution in [0.3, 0.4) is 0 Å². The van der Waals surface area contributed by atoms with Crippen molar-refractivity contribution in [2.75, 3.05) is 0 Å². The molecule has 1 saturated carbocycles. The molecule has 12 heavy (non-hydrogen) atoms. The maximum atomic E-state index is 9.32. The zero-order valence-electron chi connectivity index (χ0n) is 8.42. The predicted octanol–water partition coefficient (Wildman–Crippen LogP) is 2.97. The summed E-state index contributed by atoms with van der Waals surface area (Å²) in [5.41, 5.74) is 0. The van der Waals surface area contributed by atoms with E-state index in [1.54, 1.807) is 0 Å². The monoisotopic (exact) mass is 170 g/mol. The lowest BCUT2D eigenvalue weighted by atomic mass is 9.81. The van der Waals surface area contributed by atoms with E-state index in [0.717, 1.165) is 24.7 Å². The van der Waals surface area contributed by atoms with Gasteiger partial charge in [-0.05, 0) is 43.9 Å². The maximum Gasteiger partial charge on any atom is 0.0540 e. The van der Waals surface area contributed by atoms with E-state index >= 15 is 0 Å². The third-order valence-corrected chi connectivity index (χ3v) is 3.25. The second kappa shape index (κ2) is 4.86. The van der Waals surface area contributed by atoms with Crippen LogP contribution < -0.4 is 0 Å². The zero-order valence-corrected chi connectivity index (χ0v) is 8.42. The van der Waals surface area contributed by atoms with Gasteiger partial charge in [-0.1, -0.05) is 20.3 Å². The lowest BCUT2D eigenvalue weighted by Gasteiger charge is -2.27. The van der Waals surface area contributed by atoms with E-state index in [1.165, 1.54) is 25.7 Å². The SMILES string of the molecule is CCC(C)CC1CCC(O)CC1. The van der Waals surface area contributed by atoms with E-state index in [9.17, 15) is 5.11 Å². The Hall–Kier alpha value is -0.0400. The molecule has 1 N–H and O–H groups in total. The molecule has 0 saturated heterocycles. The largest absolute Gasteiger partial charge is 0.393 e. The summed E-state index contributed by atoms with van der Waals surface area (Å²) < 4.78 is 0. The van der Waals surface area contributed by atoms with Gasteiger partial charge in [0.2, 0.25) is 0 Å². The van der Waals surface area contributed by atoms with E-state index in [2.05, 4.69) is 13.8 Å². The van der Waals surface area contributed by atoms with Gasteiger partial charge in [0.05, 0.1) is 6.10 Å². The summed E-state index contributed by atoms with van der Waals surface area (Å²) >= 11 is 0. The van der Waals surface area contributed by atoms with E-state index in [-0.39, 0.29) is 6.10 Å². The molecular formula is C11H22O. The van der Waals surface area contributed by atoms with Gasteiger partial charge in [0, 0.05) is 0 Å². The van der Waals surface area contributed by atoms with Crippen LogP contribution in [0.5, 0.6) is 0 Å². The van der Waals surface area contributed by atoms with Crippen molar-refractivity contribution in [3.8, 4) is 0 Å². The molecule has 1 aliphatic rings. The summed E-state index contributed by atoms with van der Waals surface area (Å²) in [5, 5.41) is 9.32. The predicted molar refractivity (Wildman–Crippen MR) is 52.0 cm³/mol. The Morgan fingerprint density at radius 2 is 1.83 bits per heavy atom. The number of rotatable bonds is 3. The average molecular weight is 170 g/mol. The molecular weight excluding hydrogens is 148 g/mol. The van der Waals surface area contributed by atoms with Crippen LogP contribution in [0.25, 0.3) is 0 Å². The van der Waals surface area contributed by atoms with Crippen LogP contribution in [0, 0.1) is 11.8 Å². The molecule has 0 heterocycles. The highest BCUT2D eigenvalue weighted by Crippen LogP contribution is 2.29. The van der Waals surface area contributed by atoms with Crippen LogP contribution in [0.1, 0.15) is 52.4 Å². The van der Waals surface area contributed by atoms with Gasteiger partial charge in [-0.3, -0.25) is 0 Å². The third kappa shape index (κ3) is 3.14. The van der Waals surface area contributed by atoms with Gasteiger partial charge < -0.3 is 5.11 Å². The number of aliphatic hydroxyl groups excluding tert-OH is 1. The minimum atomic E-state index is 0.0122. The molecule has 0 amide bonds. The van der Waals surface area contributed by atoms with Gasteiger partial charge in [0.15, 0.2) is 0 Å². The molecule has 1 aliphatic carbocycles. The quantitative estimate of drug-likeness (QED) is 0.690. The molecule has 0 aromatic heterocycles. The Morgan fingerprint density at radius 3 is 2.33 bits per heavy atom. The highest BCUT2D eigenvalue weighted by atomic mass is 16.3. The van der Waals surface area contributed by atoms with E-state index in [1.807, 2.05) is 0 Å². The van der Waals surface area contributed by atoms with Gasteiger partial charge in [-0.25, -0.2) is 0 Å². The topological polar surface area (TPSA) is 20.2 Å². The zero-order chi connectivity index (χ0) is 8.97. The van der Waals surface area contributed by atoms with Crippen molar-refractivity contribution in [3.63, 3.8) is 0 Å². The van der Waals surface area contributed by atoms with Crippen LogP contribution in [0.15, 0.2) is 0 Å². The highest BCUT2D eigenvalue weighted by molar-refractivity contribution is 4.72. The summed E-state index contributed by atoms with van der Waals surface area (Å²) in [6.45, 7) is 4.60. The average Bonchev–Trinajstić information content (AvgIpc) is 2.09. The Balaban J connectivity index is 2.17. The first-order chi connectivity index (χ1) is 5.72. The molecule has 0 aliphatic heterocycles. The second-order valence-electron chi connectivity index (χ2n) is 4.42. The molecule has 0 aromatic rings. The molecule has 0 radical (unpaired) electrons. The van der Waals surface area contributed by atoms with Crippen LogP contribution in [-0.2, 0) is 0 Å². The fourth-order valence-electron chi connectivity index (χ4n) is 2.12. The smallest absolute Gasteiger partial charge is 0.0540 e. The molecule has 1 unspecified atom stereocenters. The lowest BCUT2D eigenvalue weighted by Crippen LogP contribution is -2.19. The van der Waals surface area contributed by atoms with Crippen molar-refractivity contribution in [3.05, 3.63) is 0 Å². The molecule has 0 aromatic carbocycles. The number of aliphatic hydroxyl groups is 1. The summed E-state index contributed by atoms with van der Waals surface area (Å²) in [6, 6.07) is 0. The Kier molecular flexibility index (Phi) is 4.07. The normalized spacial score (nSPS) is 33.2. The first kappa shape index (κ1) is 10.0. The maximum absolute atomic E-state index is 9.32. The Bertz CT molecular complexity index is 114. The molecule has 1 heteroatoms. The van der Waals surface area contributed by atoms with Crippen LogP contribution in [-0.4, -0.2) is 11.2 Å². The standard InChI is InChI=1S/C11H22O/c1-3-9(2)8-10-4-6-11(12)7-5-10/h9-12H,3-8H2,1-2H3. The molecule has 1 fully saturated rings. The van der Waals surface area contributed by atoms with Crippen LogP contribution in [0.2, 0.25) is 0 Å². The summed E-state index contributed by atoms with van der Waals surface area (Å²) in [4.78, 5) is 0. The number of hydrogen-bond acceptors (Lipinski definition) is 1. The van der Waals surface area contributed by atoms with Crippen molar-refractivity contribution < 1.29 is 5.11 Å². The van der Waals surface area contributed by atoms with E-state index in [4.69, 9.17) is 0 Å². The van der Waals surface area contributed by atoms with E-state index < -0.39 is 0 Å². The fourth-order valence-corrected chi connectivity index (χ4v) is 2.12. The van der Waals surface area contributed by atoms with Crippen LogP contribution >= 0.6 is 0 Å². The minimum Gasteiger partial charge on any atom is -0.393 e. The van der Waals surface area contributed by atoms with Gasteiger partial charge in [0.1, 0.15) is 0 Å². The molecule has 1 atom stereocenters. The fraction of sp³-hybridized carbons (Fsp3) is 1.00. The first-order valence-electron chi connectivity index (χ1n) is 5.40. The summed E-state index contributed by atoms with van der Waals surface area (Å²) in [7, 11) is 0. The molecule has 1 nitrogen and oxygen atoms in total. The van der Waals surface area contributed by atoms with Crippen LogP contribution in [0.4, 0.5) is 0 Å². The second-order valence-corrected chi connectivity index (χ2v) is 4.42. The van der Waals surface area contributed by atoms with Gasteiger partial charge in [-0.15, -0.1) is 0 Å². The molecule has 0 spiro atoms. The summed E-state index contributed by atoms with van der Waals surface area (Å²) in [6.07, 6.45) is 7.29. The Morgan fingerprint density at radius 1 is 1.25 bits per heavy atom. The highest BCUT2D eigenvalue weighted by Gasteiger charge is 2.20. The van der Waals surface area contributed by atoms with E-state index in [0.29, 0.717) is 0 Å². The van der Waals surface area contributed by atoms with Gasteiger partial charge in [-0.2, -0.15) is 0 Å². The van der Waals surface area contributed by atoms with Crippen molar-refractivity contribution in [1.82, 2.24) is 0 Å². The molecule has 0 bridgehead atoms. The Labute approximate surface area is 76.2 Å². The van der Waals surface area contributed by atoms with Crippen molar-refractivity contribution in [1.29, 1.82) is 0 Å². The molecule has 72 valence electrons. The first-order valence-corrected chi connectivity index (χ1v) is 5.40. The van der Waals surface area contributed by atoms with Gasteiger partial charge in [0.25, 0.3) is 0 Å². The minimum absolute atomic E-state index is 0.0122. The summed E-state index contributed by atoms with van der Waals surface area (Å²) in [5.74, 6) is 1.79. The van der Waals surface area contributed by atoms with Crippen molar-refractivity contribution in [2.24, 2.45) is 11.8 Å².